The molecule has 6 rings (SSSR count). The van der Waals surface area contributed by atoms with Gasteiger partial charge < -0.3 is 4.90 Å². The van der Waals surface area contributed by atoms with Gasteiger partial charge in [-0.2, -0.15) is 0 Å². The van der Waals surface area contributed by atoms with Crippen LogP contribution in [0.3, 0.4) is 0 Å². The number of fused-ring (bicyclic) bond motifs is 1. The number of ketones is 1. The third kappa shape index (κ3) is 1.65. The van der Waals surface area contributed by atoms with Crippen LogP contribution in [-0.2, 0) is 15.3 Å². The summed E-state index contributed by atoms with van der Waals surface area (Å²) >= 11 is 0. The van der Waals surface area contributed by atoms with E-state index < -0.39 is 5.66 Å². The molecule has 2 atom stereocenters. The van der Waals surface area contributed by atoms with Gasteiger partial charge in [0.15, 0.2) is 5.78 Å². The second-order valence-corrected chi connectivity index (χ2v) is 9.32. The lowest BCUT2D eigenvalue weighted by molar-refractivity contribution is -1.20. The highest BCUT2D eigenvalue weighted by Gasteiger charge is 2.79. The molecule has 1 amide bonds. The summed E-state index contributed by atoms with van der Waals surface area (Å²) in [6, 6.07) is 8.27. The number of carbonyl (C=O) groups excluding carboxylic acids is 2. The fourth-order valence-corrected chi connectivity index (χ4v) is 6.80. The Balaban J connectivity index is 1.66. The maximum Gasteiger partial charge on any atom is 0.353 e. The van der Waals surface area contributed by atoms with Crippen molar-refractivity contribution in [1.82, 2.24) is 0 Å². The Labute approximate surface area is 154 Å². The van der Waals surface area contributed by atoms with E-state index in [1.54, 1.807) is 0 Å². The third-order valence-corrected chi connectivity index (χ3v) is 7.70. The molecule has 5 aliphatic heterocycles. The van der Waals surface area contributed by atoms with Gasteiger partial charge in [0, 0.05) is 7.05 Å². The normalized spacial score (nSPS) is 42.8. The molecule has 1 spiro atoms. The molecule has 0 aromatic heterocycles. The molecule has 4 bridgehead atoms. The predicted octanol–water partition coefficient (Wildman–Crippen LogP) is -0.622. The van der Waals surface area contributed by atoms with E-state index in [1.165, 1.54) is 9.80 Å². The van der Waals surface area contributed by atoms with E-state index in [0.29, 0.717) is 5.78 Å². The van der Waals surface area contributed by atoms with E-state index in [4.69, 9.17) is 0 Å². The van der Waals surface area contributed by atoms with Crippen LogP contribution < -0.4 is 14.7 Å². The van der Waals surface area contributed by atoms with Crippen molar-refractivity contribution in [2.75, 3.05) is 38.1 Å². The van der Waals surface area contributed by atoms with Crippen LogP contribution in [0, 0.1) is 10.8 Å². The van der Waals surface area contributed by atoms with Crippen molar-refractivity contribution in [2.24, 2.45) is 10.8 Å². The molecule has 1 aromatic carbocycles. The Morgan fingerprint density at radius 3 is 2.38 bits per heavy atom. The summed E-state index contributed by atoms with van der Waals surface area (Å²) in [7, 11) is 1.90. The topological polar surface area (TPSA) is 46.3 Å². The van der Waals surface area contributed by atoms with E-state index in [0.717, 1.165) is 56.7 Å². The van der Waals surface area contributed by atoms with Gasteiger partial charge in [-0.25, -0.2) is 0 Å². The summed E-state index contributed by atoms with van der Waals surface area (Å²) in [6.45, 7) is 7.56. The van der Waals surface area contributed by atoms with Crippen LogP contribution in [0.1, 0.15) is 38.7 Å². The number of piperidine rings is 2. The van der Waals surface area contributed by atoms with Crippen LogP contribution in [0.5, 0.6) is 0 Å². The zero-order valence-corrected chi connectivity index (χ0v) is 16.0. The molecular weight excluding hydrogens is 326 g/mol. The lowest BCUT2D eigenvalue weighted by Crippen LogP contribution is -3.48. The monoisotopic (exact) mass is 355 g/mol. The minimum absolute atomic E-state index is 0.212. The largest absolute Gasteiger partial charge is 0.353 e. The number of likely N-dealkylation sites (N-methyl/N-ethyl adjacent to an activating group) is 1. The number of hydrogen-bond donors (Lipinski definition) is 2. The van der Waals surface area contributed by atoms with Gasteiger partial charge in [0.25, 0.3) is 0 Å². The first kappa shape index (κ1) is 16.5. The average Bonchev–Trinajstić information content (AvgIpc) is 2.84. The van der Waals surface area contributed by atoms with Gasteiger partial charge >= 0.3 is 11.6 Å². The molecule has 5 nitrogen and oxygen atoms in total. The number of benzene rings is 1. The Bertz CT molecular complexity index is 801. The number of para-hydroxylation sites is 1. The number of anilines is 1. The highest BCUT2D eigenvalue weighted by atomic mass is 16.2. The molecule has 5 aliphatic rings. The van der Waals surface area contributed by atoms with E-state index in [9.17, 15) is 9.59 Å². The zero-order chi connectivity index (χ0) is 18.3. The molecule has 0 saturated carbocycles. The first-order valence-corrected chi connectivity index (χ1v) is 10.0. The lowest BCUT2D eigenvalue weighted by atomic mass is 9.58. The number of rotatable bonds is 3. The second-order valence-electron chi connectivity index (χ2n) is 9.32. The molecule has 4 saturated heterocycles. The standard InChI is InChI=1S/C21H27N3O2/c1-4-5-10-20-13-23-11-19(2,17(20)25)12-24(14-20)21(23)15-8-6-7-9-16(15)22(3)18(21)26/h6-9H,4-5,10-14H2,1-3H3/p+2. The molecular formula is C21H29N3O2+2. The molecule has 26 heavy (non-hydrogen) atoms. The SMILES string of the molecule is CCCCC12C[NH+]3CC(C)(C[NH+](C1)C31C(=O)N(C)c3ccccc31)C2=O. The van der Waals surface area contributed by atoms with Crippen molar-refractivity contribution in [2.45, 2.75) is 38.8 Å². The van der Waals surface area contributed by atoms with Gasteiger partial charge in [0.2, 0.25) is 0 Å². The number of nitrogens with one attached hydrogen (secondary N) is 2. The van der Waals surface area contributed by atoms with Crippen LogP contribution in [0.15, 0.2) is 24.3 Å². The van der Waals surface area contributed by atoms with Gasteiger partial charge in [0.05, 0.1) is 5.69 Å². The fourth-order valence-electron chi connectivity index (χ4n) is 6.80. The van der Waals surface area contributed by atoms with Crippen molar-refractivity contribution in [3.8, 4) is 0 Å². The van der Waals surface area contributed by atoms with Crippen LogP contribution in [0.2, 0.25) is 0 Å². The fraction of sp³-hybridized carbons (Fsp3) is 0.619. The first-order chi connectivity index (χ1) is 12.4. The van der Waals surface area contributed by atoms with Crippen LogP contribution in [0.4, 0.5) is 5.69 Å². The number of carbonyl (C=O) groups is 2. The number of hydrogen-bond acceptors (Lipinski definition) is 2. The van der Waals surface area contributed by atoms with Gasteiger partial charge in [-0.15, -0.1) is 0 Å². The first-order valence-electron chi connectivity index (χ1n) is 10.0. The smallest absolute Gasteiger partial charge is 0.303 e. The van der Waals surface area contributed by atoms with Crippen molar-refractivity contribution in [3.05, 3.63) is 29.8 Å². The van der Waals surface area contributed by atoms with E-state index in [-0.39, 0.29) is 16.7 Å². The third-order valence-electron chi connectivity index (χ3n) is 7.70. The van der Waals surface area contributed by atoms with E-state index >= 15 is 0 Å². The predicted molar refractivity (Wildman–Crippen MR) is 98.0 cm³/mol. The lowest BCUT2D eigenvalue weighted by Gasteiger charge is -2.62. The van der Waals surface area contributed by atoms with Crippen molar-refractivity contribution >= 4 is 17.4 Å². The molecule has 5 heterocycles. The van der Waals surface area contributed by atoms with Gasteiger partial charge in [-0.1, -0.05) is 31.9 Å². The number of Topliss-reactive ketones (excluding diaryl/α,β-unsaturated/α-hetero) is 1. The quantitative estimate of drug-likeness (QED) is 0.759. The number of quaternary nitrogens is 2. The minimum Gasteiger partial charge on any atom is -0.303 e. The molecule has 1 aromatic rings. The molecule has 2 unspecified atom stereocenters. The molecule has 2 N–H and O–H groups in total. The Morgan fingerprint density at radius 1 is 1.08 bits per heavy atom. The second kappa shape index (κ2) is 4.96. The Kier molecular flexibility index (Phi) is 3.14. The minimum atomic E-state index is -0.540. The average molecular weight is 355 g/mol. The molecule has 138 valence electrons. The van der Waals surface area contributed by atoms with Crippen LogP contribution >= 0.6 is 0 Å². The highest BCUT2D eigenvalue weighted by molar-refractivity contribution is 6.05. The van der Waals surface area contributed by atoms with E-state index in [2.05, 4.69) is 32.0 Å². The number of nitrogens with zero attached hydrogens (tertiary/aromatic N) is 1. The van der Waals surface area contributed by atoms with E-state index in [1.807, 2.05) is 18.0 Å². The van der Waals surface area contributed by atoms with Crippen LogP contribution in [0.25, 0.3) is 0 Å². The maximum atomic E-state index is 13.6. The molecule has 0 aliphatic carbocycles. The summed E-state index contributed by atoms with van der Waals surface area (Å²) in [6.07, 6.45) is 3.19. The Morgan fingerprint density at radius 2 is 1.73 bits per heavy atom. The van der Waals surface area contributed by atoms with Gasteiger partial charge in [-0.05, 0) is 25.5 Å². The summed E-state index contributed by atoms with van der Waals surface area (Å²) in [5.41, 5.74) is 1.16. The van der Waals surface area contributed by atoms with Crippen molar-refractivity contribution in [1.29, 1.82) is 0 Å². The highest BCUT2D eigenvalue weighted by Crippen LogP contribution is 2.44. The summed E-state index contributed by atoms with van der Waals surface area (Å²) in [5.74, 6) is 0.692. The van der Waals surface area contributed by atoms with Gasteiger partial charge in [0.1, 0.15) is 42.6 Å². The van der Waals surface area contributed by atoms with Crippen LogP contribution in [-0.4, -0.2) is 44.9 Å². The van der Waals surface area contributed by atoms with Crippen molar-refractivity contribution in [3.63, 3.8) is 0 Å². The van der Waals surface area contributed by atoms with Crippen molar-refractivity contribution < 1.29 is 19.4 Å². The van der Waals surface area contributed by atoms with Gasteiger partial charge in [-0.3, -0.25) is 19.4 Å². The summed E-state index contributed by atoms with van der Waals surface area (Å²) in [5, 5.41) is 0. The zero-order valence-electron chi connectivity index (χ0n) is 16.0. The number of unbranched alkanes of at least 4 members (excludes halogenated alkanes) is 1. The molecule has 4 fully saturated rings. The number of amides is 1. The summed E-state index contributed by atoms with van der Waals surface area (Å²) in [4.78, 5) is 31.5. The maximum absolute atomic E-state index is 13.6. The molecule has 5 heteroatoms. The Hall–Kier alpha value is -1.72. The summed E-state index contributed by atoms with van der Waals surface area (Å²) < 4.78 is 0. The molecule has 0 radical (unpaired) electrons.